The molecule has 3 unspecified atom stereocenters. The summed E-state index contributed by atoms with van der Waals surface area (Å²) in [5.74, 6) is 0.621. The number of hydrogen-bond acceptors (Lipinski definition) is 6. The van der Waals surface area contributed by atoms with E-state index in [1.807, 2.05) is 6.08 Å². The highest BCUT2D eigenvalue weighted by molar-refractivity contribution is 5.76. The zero-order chi connectivity index (χ0) is 41.3. The zero-order valence-electron chi connectivity index (χ0n) is 37.3. The van der Waals surface area contributed by atoms with E-state index in [4.69, 9.17) is 9.47 Å². The van der Waals surface area contributed by atoms with Crippen molar-refractivity contribution < 1.29 is 23.9 Å². The maximum atomic E-state index is 12.7. The largest absolute Gasteiger partial charge is 0.466 e. The minimum Gasteiger partial charge on any atom is -0.466 e. The molecule has 56 heavy (non-hydrogen) atoms. The lowest BCUT2D eigenvalue weighted by molar-refractivity contribution is -0.145. The molecule has 0 heterocycles. The first kappa shape index (κ1) is 53.5. The van der Waals surface area contributed by atoms with Crippen LogP contribution in [0.1, 0.15) is 213 Å². The lowest BCUT2D eigenvalue weighted by Crippen LogP contribution is -2.35. The van der Waals surface area contributed by atoms with Gasteiger partial charge in [-0.25, -0.2) is 0 Å². The van der Waals surface area contributed by atoms with Crippen LogP contribution in [-0.2, 0) is 23.9 Å². The highest BCUT2D eigenvalue weighted by Crippen LogP contribution is 2.18. The number of allylic oxidation sites excluding steroid dienone is 1. The van der Waals surface area contributed by atoms with Gasteiger partial charge in [0.25, 0.3) is 0 Å². The monoisotopic (exact) mass is 785 g/mol. The van der Waals surface area contributed by atoms with Gasteiger partial charge in [0.05, 0.1) is 19.6 Å². The summed E-state index contributed by atoms with van der Waals surface area (Å²) >= 11 is 0. The fourth-order valence-corrected chi connectivity index (χ4v) is 7.20. The fraction of sp³-hybridized carbons (Fsp3) is 0.837. The van der Waals surface area contributed by atoms with E-state index >= 15 is 0 Å². The van der Waals surface area contributed by atoms with Crippen LogP contribution in [0.2, 0.25) is 0 Å². The molecule has 0 aromatic heterocycles. The Morgan fingerprint density at radius 3 is 1.59 bits per heavy atom. The Hall–Kier alpha value is -2.55. The highest BCUT2D eigenvalue weighted by Gasteiger charge is 2.14. The normalized spacial score (nSPS) is 12.6. The van der Waals surface area contributed by atoms with Gasteiger partial charge in [-0.05, 0) is 89.4 Å². The molecule has 0 aromatic rings. The number of amides is 1. The first-order valence-corrected chi connectivity index (χ1v) is 23.3. The third-order valence-electron chi connectivity index (χ3n) is 10.7. The van der Waals surface area contributed by atoms with Crippen LogP contribution in [0.4, 0.5) is 0 Å². The summed E-state index contributed by atoms with van der Waals surface area (Å²) in [6, 6.07) is 0.287. The molecule has 0 bridgehead atoms. The van der Waals surface area contributed by atoms with Gasteiger partial charge in [0.2, 0.25) is 5.91 Å². The maximum Gasteiger partial charge on any atom is 0.306 e. The molecule has 1 amide bonds. The van der Waals surface area contributed by atoms with E-state index in [-0.39, 0.29) is 29.8 Å². The molecular weight excluding hydrogens is 697 g/mol. The van der Waals surface area contributed by atoms with E-state index in [9.17, 15) is 14.4 Å². The van der Waals surface area contributed by atoms with Crippen LogP contribution in [0.3, 0.4) is 0 Å². The van der Waals surface area contributed by atoms with Crippen molar-refractivity contribution in [3.8, 4) is 0 Å². The molecular formula is C49H88N2O5. The smallest absolute Gasteiger partial charge is 0.306 e. The molecule has 0 aromatic carbocycles. The van der Waals surface area contributed by atoms with Gasteiger partial charge in [0.15, 0.2) is 0 Å². The molecule has 3 atom stereocenters. The van der Waals surface area contributed by atoms with Crippen LogP contribution >= 0.6 is 0 Å². The van der Waals surface area contributed by atoms with Gasteiger partial charge < -0.3 is 19.7 Å². The van der Waals surface area contributed by atoms with Crippen LogP contribution in [-0.4, -0.2) is 62.6 Å². The number of carbonyl (C=O) groups is 3. The Bertz CT molecular complexity index is 1070. The van der Waals surface area contributed by atoms with Crippen molar-refractivity contribution in [2.75, 3.05) is 33.9 Å². The fourth-order valence-electron chi connectivity index (χ4n) is 7.20. The predicted molar refractivity (Wildman–Crippen MR) is 236 cm³/mol. The van der Waals surface area contributed by atoms with E-state index in [1.54, 1.807) is 0 Å². The third kappa shape index (κ3) is 38.3. The van der Waals surface area contributed by atoms with Gasteiger partial charge in [-0.1, -0.05) is 167 Å². The Kier molecular flexibility index (Phi) is 38.8. The summed E-state index contributed by atoms with van der Waals surface area (Å²) in [7, 11) is 4.11. The molecule has 7 heteroatoms. The van der Waals surface area contributed by atoms with E-state index in [0.717, 1.165) is 77.2 Å². The van der Waals surface area contributed by atoms with E-state index in [1.165, 1.54) is 103 Å². The Morgan fingerprint density at radius 2 is 1.09 bits per heavy atom. The van der Waals surface area contributed by atoms with Crippen LogP contribution in [0, 0.1) is 11.8 Å². The third-order valence-corrected chi connectivity index (χ3v) is 10.7. The quantitative estimate of drug-likeness (QED) is 0.0378. The van der Waals surface area contributed by atoms with Crippen molar-refractivity contribution in [1.29, 1.82) is 0 Å². The van der Waals surface area contributed by atoms with Gasteiger partial charge in [-0.3, -0.25) is 14.4 Å². The summed E-state index contributed by atoms with van der Waals surface area (Å²) < 4.78 is 11.0. The molecule has 0 saturated carbocycles. The predicted octanol–water partition coefficient (Wildman–Crippen LogP) is 12.8. The summed E-state index contributed by atoms with van der Waals surface area (Å²) in [5.41, 5.74) is 8.26. The van der Waals surface area contributed by atoms with Crippen LogP contribution in [0.25, 0.3) is 0 Å². The molecule has 0 aliphatic carbocycles. The second-order valence-corrected chi connectivity index (χ2v) is 16.7. The standard InChI is InChI=1S/C49H88N2O5/c1-7-10-25-33-44(4)42-48(53)55-40-30-23-19-15-13-17-21-28-36-46(50-47(52)38-32-39-51(5)6)37-29-22-18-14-16-20-24-31-41-56-49(54)43-45(34-26-11-8-2)35-27-12-9-3/h34,44-46H,2,7,9-10,12-25,27-33,35-43H2,1,3-6H3,(H,50,52). The molecule has 0 aliphatic rings. The van der Waals surface area contributed by atoms with Crippen molar-refractivity contribution >= 4 is 17.8 Å². The number of unbranched alkanes of at least 4 members (excludes halogenated alkanes) is 18. The topological polar surface area (TPSA) is 84.9 Å². The summed E-state index contributed by atoms with van der Waals surface area (Å²) in [6.45, 7) is 12.1. The Balaban J connectivity index is 4.15. The van der Waals surface area contributed by atoms with Gasteiger partial charge in [-0.2, -0.15) is 0 Å². The van der Waals surface area contributed by atoms with E-state index in [0.29, 0.717) is 38.4 Å². The Labute approximate surface area is 346 Å². The lowest BCUT2D eigenvalue weighted by atomic mass is 9.98. The molecule has 0 spiro atoms. The lowest BCUT2D eigenvalue weighted by Gasteiger charge is -2.19. The van der Waals surface area contributed by atoms with Crippen molar-refractivity contribution in [1.82, 2.24) is 10.2 Å². The average molecular weight is 785 g/mol. The first-order valence-electron chi connectivity index (χ1n) is 23.3. The van der Waals surface area contributed by atoms with Crippen molar-refractivity contribution in [2.45, 2.75) is 219 Å². The van der Waals surface area contributed by atoms with Gasteiger partial charge in [-0.15, -0.1) is 0 Å². The molecule has 7 nitrogen and oxygen atoms in total. The van der Waals surface area contributed by atoms with Gasteiger partial charge in [0, 0.05) is 18.9 Å². The van der Waals surface area contributed by atoms with Gasteiger partial charge >= 0.3 is 11.9 Å². The molecule has 0 fully saturated rings. The molecule has 324 valence electrons. The van der Waals surface area contributed by atoms with Crippen molar-refractivity contribution in [3.05, 3.63) is 29.8 Å². The van der Waals surface area contributed by atoms with E-state index in [2.05, 4.69) is 68.9 Å². The number of ether oxygens (including phenoxy) is 2. The number of esters is 2. The SMILES string of the molecule is C=C=C=C=CC(CCCCC)CC(=O)OCCCCCCCCCCC(CCCCCCCCCCOC(=O)CC(C)CCCCC)NC(=O)CCCN(C)C. The Morgan fingerprint density at radius 1 is 0.625 bits per heavy atom. The number of nitrogens with zero attached hydrogens (tertiary/aromatic N) is 1. The molecule has 0 saturated heterocycles. The summed E-state index contributed by atoms with van der Waals surface area (Å²) in [6.07, 6.45) is 34.4. The minimum absolute atomic E-state index is 0.0279. The number of hydrogen-bond donors (Lipinski definition) is 1. The second-order valence-electron chi connectivity index (χ2n) is 16.7. The number of rotatable bonds is 40. The molecule has 0 rings (SSSR count). The van der Waals surface area contributed by atoms with Crippen molar-refractivity contribution in [3.63, 3.8) is 0 Å². The molecule has 1 N–H and O–H groups in total. The molecule has 0 aliphatic heterocycles. The second kappa shape index (κ2) is 40.6. The highest BCUT2D eigenvalue weighted by atomic mass is 16.5. The number of carbonyl (C=O) groups excluding carboxylic acids is 3. The van der Waals surface area contributed by atoms with E-state index < -0.39 is 0 Å². The van der Waals surface area contributed by atoms with Crippen LogP contribution in [0.5, 0.6) is 0 Å². The van der Waals surface area contributed by atoms with Gasteiger partial charge in [0.1, 0.15) is 0 Å². The minimum atomic E-state index is -0.118. The number of nitrogens with one attached hydrogen (secondary N) is 1. The maximum absolute atomic E-state index is 12.7. The summed E-state index contributed by atoms with van der Waals surface area (Å²) in [5, 5.41) is 3.38. The van der Waals surface area contributed by atoms with Crippen LogP contribution in [0.15, 0.2) is 29.8 Å². The zero-order valence-corrected chi connectivity index (χ0v) is 37.3. The first-order chi connectivity index (χ1) is 27.2. The average Bonchev–Trinajstić information content (AvgIpc) is 3.15. The van der Waals surface area contributed by atoms with Crippen molar-refractivity contribution in [2.24, 2.45) is 11.8 Å². The van der Waals surface area contributed by atoms with Crippen LogP contribution < -0.4 is 5.32 Å². The summed E-state index contributed by atoms with van der Waals surface area (Å²) in [4.78, 5) is 39.3. The molecule has 0 radical (unpaired) electrons.